The third-order valence-corrected chi connectivity index (χ3v) is 2.69. The van der Waals surface area contributed by atoms with Gasteiger partial charge in [-0.15, -0.1) is 0 Å². The number of rotatable bonds is 0. The van der Waals surface area contributed by atoms with Crippen LogP contribution in [0.15, 0.2) is 36.4 Å². The topological polar surface area (TPSA) is 0 Å². The maximum Gasteiger partial charge on any atom is -0.00947 e. The van der Waals surface area contributed by atoms with Crippen molar-refractivity contribution in [1.82, 2.24) is 0 Å². The van der Waals surface area contributed by atoms with Gasteiger partial charge in [-0.05, 0) is 43.2 Å². The van der Waals surface area contributed by atoms with E-state index in [4.69, 9.17) is 0 Å². The lowest BCUT2D eigenvalue weighted by atomic mass is 10.0. The van der Waals surface area contributed by atoms with Gasteiger partial charge in [0.25, 0.3) is 0 Å². The molecule has 0 radical (unpaired) electrons. The van der Waals surface area contributed by atoms with E-state index in [1.807, 2.05) is 0 Å². The van der Waals surface area contributed by atoms with Gasteiger partial charge in [-0.1, -0.05) is 36.4 Å². The lowest BCUT2D eigenvalue weighted by Gasteiger charge is -2.05. The zero-order chi connectivity index (χ0) is 8.93. The molecule has 0 heteroatoms. The predicted molar refractivity (Wildman–Crippen MR) is 56.8 cm³/mol. The molecule has 0 aromatic heterocycles. The van der Waals surface area contributed by atoms with E-state index in [0.29, 0.717) is 0 Å². The van der Waals surface area contributed by atoms with E-state index in [9.17, 15) is 0 Å². The highest BCUT2D eigenvalue weighted by Gasteiger charge is 2.01. The molecule has 1 aliphatic rings. The summed E-state index contributed by atoms with van der Waals surface area (Å²) >= 11 is 0. The minimum atomic E-state index is 1.12. The molecular formula is C13H16. The molecule has 0 nitrogen and oxygen atoms in total. The monoisotopic (exact) mass is 172 g/mol. The fourth-order valence-electron chi connectivity index (χ4n) is 1.91. The molecule has 0 atom stereocenters. The van der Waals surface area contributed by atoms with Gasteiger partial charge < -0.3 is 0 Å². The smallest absolute Gasteiger partial charge is 0.00947 e. The first-order chi connectivity index (χ1) is 6.47. The number of aryl methyl sites for hydroxylation is 1. The number of hydrogen-bond donors (Lipinski definition) is 0. The summed E-state index contributed by atoms with van der Waals surface area (Å²) in [5.41, 5.74) is 3.06. The largest absolute Gasteiger partial charge is 0.0882 e. The normalized spacial score (nSPS) is 19.4. The first kappa shape index (κ1) is 8.55. The Labute approximate surface area is 80.3 Å². The predicted octanol–water partition coefficient (Wildman–Crippen LogP) is 3.51. The van der Waals surface area contributed by atoms with E-state index < -0.39 is 0 Å². The standard InChI is InChI=1S/C13H16/c1-2-4-8-12-10-6-7-11-13(12)9-5-3-1/h2,4,6-7,10-11H,1,3,5,8-9H2/b4-2-. The molecule has 0 amide bonds. The molecule has 68 valence electrons. The van der Waals surface area contributed by atoms with Crippen molar-refractivity contribution in [3.8, 4) is 0 Å². The molecular weight excluding hydrogens is 156 g/mol. The molecule has 0 spiro atoms. The molecule has 2 rings (SSSR count). The maximum atomic E-state index is 2.32. The number of hydrogen-bond acceptors (Lipinski definition) is 0. The zero-order valence-corrected chi connectivity index (χ0v) is 8.00. The quantitative estimate of drug-likeness (QED) is 0.525. The molecule has 0 heterocycles. The highest BCUT2D eigenvalue weighted by atomic mass is 14.1. The van der Waals surface area contributed by atoms with Crippen molar-refractivity contribution < 1.29 is 0 Å². The molecule has 1 aromatic rings. The molecule has 0 unspecified atom stereocenters. The van der Waals surface area contributed by atoms with Gasteiger partial charge in [0.15, 0.2) is 0 Å². The summed E-state index contributed by atoms with van der Waals surface area (Å²) in [6.45, 7) is 0. The Morgan fingerprint density at radius 1 is 0.846 bits per heavy atom. The van der Waals surface area contributed by atoms with Crippen molar-refractivity contribution in [2.45, 2.75) is 32.1 Å². The van der Waals surface area contributed by atoms with Crippen LogP contribution in [0.2, 0.25) is 0 Å². The van der Waals surface area contributed by atoms with Gasteiger partial charge in [0, 0.05) is 0 Å². The molecule has 0 bridgehead atoms. The zero-order valence-electron chi connectivity index (χ0n) is 8.00. The maximum absolute atomic E-state index is 2.32. The second-order valence-corrected chi connectivity index (χ2v) is 3.69. The van der Waals surface area contributed by atoms with E-state index in [0.717, 1.165) is 6.42 Å². The average Bonchev–Trinajstić information content (AvgIpc) is 2.28. The fourth-order valence-corrected chi connectivity index (χ4v) is 1.91. The van der Waals surface area contributed by atoms with Crippen molar-refractivity contribution >= 4 is 0 Å². The molecule has 0 saturated carbocycles. The fraction of sp³-hybridized carbons (Fsp3) is 0.385. The van der Waals surface area contributed by atoms with E-state index in [1.165, 1.54) is 31.2 Å². The Hall–Kier alpha value is -1.04. The van der Waals surface area contributed by atoms with Crippen molar-refractivity contribution in [1.29, 1.82) is 0 Å². The molecule has 13 heavy (non-hydrogen) atoms. The third kappa shape index (κ3) is 2.21. The van der Waals surface area contributed by atoms with Crippen molar-refractivity contribution in [3.63, 3.8) is 0 Å². The van der Waals surface area contributed by atoms with Crippen LogP contribution >= 0.6 is 0 Å². The van der Waals surface area contributed by atoms with Crippen molar-refractivity contribution in [2.24, 2.45) is 0 Å². The van der Waals surface area contributed by atoms with Crippen molar-refractivity contribution in [3.05, 3.63) is 47.5 Å². The van der Waals surface area contributed by atoms with E-state index >= 15 is 0 Å². The number of fused-ring (bicyclic) bond motifs is 1. The highest BCUT2D eigenvalue weighted by Crippen LogP contribution is 2.15. The second-order valence-electron chi connectivity index (χ2n) is 3.69. The summed E-state index contributed by atoms with van der Waals surface area (Å²) in [5.74, 6) is 0. The Kier molecular flexibility index (Phi) is 2.81. The molecule has 1 aromatic carbocycles. The minimum Gasteiger partial charge on any atom is -0.0882 e. The summed E-state index contributed by atoms with van der Waals surface area (Å²) < 4.78 is 0. The van der Waals surface area contributed by atoms with Crippen LogP contribution in [0.5, 0.6) is 0 Å². The van der Waals surface area contributed by atoms with Crippen LogP contribution in [-0.4, -0.2) is 0 Å². The van der Waals surface area contributed by atoms with Gasteiger partial charge >= 0.3 is 0 Å². The van der Waals surface area contributed by atoms with Crippen molar-refractivity contribution in [2.75, 3.05) is 0 Å². The highest BCUT2D eigenvalue weighted by molar-refractivity contribution is 5.29. The second kappa shape index (κ2) is 4.27. The van der Waals surface area contributed by atoms with Gasteiger partial charge in [-0.3, -0.25) is 0 Å². The van der Waals surface area contributed by atoms with Crippen LogP contribution in [-0.2, 0) is 12.8 Å². The summed E-state index contributed by atoms with van der Waals surface area (Å²) in [7, 11) is 0. The molecule has 1 aliphatic carbocycles. The first-order valence-corrected chi connectivity index (χ1v) is 5.18. The van der Waals surface area contributed by atoms with Crippen LogP contribution in [0, 0.1) is 0 Å². The lowest BCUT2D eigenvalue weighted by Crippen LogP contribution is -1.91. The molecule has 0 saturated heterocycles. The van der Waals surface area contributed by atoms with Crippen LogP contribution in [0.1, 0.15) is 30.4 Å². The summed E-state index contributed by atoms with van der Waals surface area (Å²) in [6.07, 6.45) is 10.9. The number of benzene rings is 1. The van der Waals surface area contributed by atoms with Crippen LogP contribution < -0.4 is 0 Å². The van der Waals surface area contributed by atoms with Gasteiger partial charge in [-0.2, -0.15) is 0 Å². The average molecular weight is 172 g/mol. The van der Waals surface area contributed by atoms with E-state index in [1.54, 1.807) is 5.56 Å². The molecule has 0 N–H and O–H groups in total. The Balaban J connectivity index is 2.25. The van der Waals surface area contributed by atoms with Crippen LogP contribution in [0.3, 0.4) is 0 Å². The Morgan fingerprint density at radius 2 is 1.69 bits per heavy atom. The van der Waals surface area contributed by atoms with Gasteiger partial charge in [0.1, 0.15) is 0 Å². The van der Waals surface area contributed by atoms with Gasteiger partial charge in [-0.25, -0.2) is 0 Å². The van der Waals surface area contributed by atoms with Crippen LogP contribution in [0.4, 0.5) is 0 Å². The van der Waals surface area contributed by atoms with Gasteiger partial charge in [0.2, 0.25) is 0 Å². The first-order valence-electron chi connectivity index (χ1n) is 5.18. The summed E-state index contributed by atoms with van der Waals surface area (Å²) in [5, 5.41) is 0. The third-order valence-electron chi connectivity index (χ3n) is 2.69. The Morgan fingerprint density at radius 3 is 2.62 bits per heavy atom. The lowest BCUT2D eigenvalue weighted by molar-refractivity contribution is 0.748. The van der Waals surface area contributed by atoms with Crippen LogP contribution in [0.25, 0.3) is 0 Å². The minimum absolute atomic E-state index is 1.12. The van der Waals surface area contributed by atoms with Gasteiger partial charge in [0.05, 0.1) is 0 Å². The summed E-state index contributed by atoms with van der Waals surface area (Å²) in [4.78, 5) is 0. The number of allylic oxidation sites excluding steroid dienone is 2. The summed E-state index contributed by atoms with van der Waals surface area (Å²) in [6, 6.07) is 8.82. The van der Waals surface area contributed by atoms with E-state index in [-0.39, 0.29) is 0 Å². The molecule has 0 aliphatic heterocycles. The Bertz CT molecular complexity index is 297. The van der Waals surface area contributed by atoms with E-state index in [2.05, 4.69) is 36.4 Å². The molecule has 0 fully saturated rings. The SMILES string of the molecule is C1=C\Cc2ccccc2CCCC/1.